The zero-order valence-corrected chi connectivity index (χ0v) is 14.5. The Balaban J connectivity index is 1.62. The first kappa shape index (κ1) is 16.6. The zero-order valence-electron chi connectivity index (χ0n) is 13.7. The van der Waals surface area contributed by atoms with E-state index < -0.39 is 0 Å². The highest BCUT2D eigenvalue weighted by Crippen LogP contribution is 2.21. The molecule has 0 aliphatic heterocycles. The second kappa shape index (κ2) is 8.02. The van der Waals surface area contributed by atoms with Crippen LogP contribution >= 0.6 is 11.8 Å². The third-order valence-electron chi connectivity index (χ3n) is 3.85. The van der Waals surface area contributed by atoms with Gasteiger partial charge in [0.25, 0.3) is 0 Å². The van der Waals surface area contributed by atoms with Crippen molar-refractivity contribution in [3.63, 3.8) is 0 Å². The maximum atomic E-state index is 12.4. The number of benzene rings is 1. The fraction of sp³-hybridized carbons (Fsp3) is 0.263. The van der Waals surface area contributed by atoms with Gasteiger partial charge in [-0.15, -0.1) is 0 Å². The van der Waals surface area contributed by atoms with Gasteiger partial charge in [0.1, 0.15) is 0 Å². The Labute approximate surface area is 146 Å². The van der Waals surface area contributed by atoms with E-state index in [1.165, 1.54) is 11.8 Å². The fourth-order valence-electron chi connectivity index (χ4n) is 2.69. The molecular formula is C19H21N3OS. The molecule has 1 unspecified atom stereocenters. The monoisotopic (exact) mass is 339 g/mol. The van der Waals surface area contributed by atoms with Crippen LogP contribution in [-0.2, 0) is 4.79 Å². The van der Waals surface area contributed by atoms with E-state index in [0.717, 1.165) is 29.1 Å². The van der Waals surface area contributed by atoms with Crippen LogP contribution in [0, 0.1) is 0 Å². The van der Waals surface area contributed by atoms with Crippen LogP contribution in [0.2, 0.25) is 0 Å². The summed E-state index contributed by atoms with van der Waals surface area (Å²) < 4.78 is 2.00. The van der Waals surface area contributed by atoms with Crippen LogP contribution in [0.15, 0.2) is 66.1 Å². The SMILES string of the molecule is CCCC(NC(=O)CSc1ncc2ccccn12)c1ccccc1. The molecule has 2 aromatic heterocycles. The lowest BCUT2D eigenvalue weighted by Gasteiger charge is -2.18. The van der Waals surface area contributed by atoms with Crippen LogP contribution in [0.5, 0.6) is 0 Å². The molecule has 1 aromatic carbocycles. The molecule has 0 spiro atoms. The maximum Gasteiger partial charge on any atom is 0.230 e. The Hall–Kier alpha value is -2.27. The second-order valence-corrected chi connectivity index (χ2v) is 6.59. The molecule has 0 saturated heterocycles. The molecule has 0 fully saturated rings. The summed E-state index contributed by atoms with van der Waals surface area (Å²) in [6.07, 6.45) is 5.75. The molecule has 0 bridgehead atoms. The van der Waals surface area contributed by atoms with Gasteiger partial charge in [-0.3, -0.25) is 9.20 Å². The molecule has 0 radical (unpaired) electrons. The molecule has 3 aromatic rings. The third-order valence-corrected chi connectivity index (χ3v) is 4.82. The molecule has 0 aliphatic rings. The summed E-state index contributed by atoms with van der Waals surface area (Å²) >= 11 is 1.46. The Morgan fingerprint density at radius 1 is 1.21 bits per heavy atom. The van der Waals surface area contributed by atoms with Crippen LogP contribution < -0.4 is 5.32 Å². The van der Waals surface area contributed by atoms with Gasteiger partial charge in [-0.05, 0) is 24.1 Å². The number of thioether (sulfide) groups is 1. The van der Waals surface area contributed by atoms with Crippen molar-refractivity contribution in [1.82, 2.24) is 14.7 Å². The minimum Gasteiger partial charge on any atom is -0.349 e. The molecule has 3 rings (SSSR count). The number of rotatable bonds is 7. The zero-order chi connectivity index (χ0) is 16.8. The number of aromatic nitrogens is 2. The van der Waals surface area contributed by atoms with E-state index in [9.17, 15) is 4.79 Å². The molecule has 0 saturated carbocycles. The first-order valence-corrected chi connectivity index (χ1v) is 9.15. The topological polar surface area (TPSA) is 46.4 Å². The van der Waals surface area contributed by atoms with Crippen molar-refractivity contribution < 1.29 is 4.79 Å². The van der Waals surface area contributed by atoms with Crippen molar-refractivity contribution in [2.45, 2.75) is 31.0 Å². The van der Waals surface area contributed by atoms with Crippen molar-refractivity contribution in [2.75, 3.05) is 5.75 Å². The lowest BCUT2D eigenvalue weighted by molar-refractivity contribution is -0.119. The van der Waals surface area contributed by atoms with Gasteiger partial charge < -0.3 is 5.32 Å². The number of amides is 1. The molecule has 1 atom stereocenters. The predicted molar refractivity (Wildman–Crippen MR) is 98.1 cm³/mol. The van der Waals surface area contributed by atoms with E-state index in [4.69, 9.17) is 0 Å². The standard InChI is InChI=1S/C19H21N3OS/c1-2-8-17(15-9-4-3-5-10-15)21-18(23)14-24-19-20-13-16-11-6-7-12-22(16)19/h3-7,9-13,17H,2,8,14H2,1H3,(H,21,23). The molecule has 124 valence electrons. The van der Waals surface area contributed by atoms with Gasteiger partial charge in [0.05, 0.1) is 23.5 Å². The van der Waals surface area contributed by atoms with Gasteiger partial charge in [-0.2, -0.15) is 0 Å². The number of carbonyl (C=O) groups is 1. The average Bonchev–Trinajstić information content (AvgIpc) is 3.04. The summed E-state index contributed by atoms with van der Waals surface area (Å²) in [4.78, 5) is 16.8. The summed E-state index contributed by atoms with van der Waals surface area (Å²) in [6, 6.07) is 16.2. The smallest absolute Gasteiger partial charge is 0.230 e. The van der Waals surface area contributed by atoms with Crippen LogP contribution in [-0.4, -0.2) is 21.0 Å². The minimum atomic E-state index is 0.0370. The maximum absolute atomic E-state index is 12.4. The minimum absolute atomic E-state index is 0.0370. The number of carbonyl (C=O) groups excluding carboxylic acids is 1. The van der Waals surface area contributed by atoms with E-state index in [-0.39, 0.29) is 11.9 Å². The summed E-state index contributed by atoms with van der Waals surface area (Å²) in [5, 5.41) is 3.99. The first-order chi connectivity index (χ1) is 11.8. The molecular weight excluding hydrogens is 318 g/mol. The highest BCUT2D eigenvalue weighted by atomic mass is 32.2. The second-order valence-electron chi connectivity index (χ2n) is 5.64. The molecule has 4 nitrogen and oxygen atoms in total. The summed E-state index contributed by atoms with van der Waals surface area (Å²) in [5.41, 5.74) is 2.19. The number of fused-ring (bicyclic) bond motifs is 1. The normalized spacial score (nSPS) is 12.2. The Morgan fingerprint density at radius 3 is 2.79 bits per heavy atom. The van der Waals surface area contributed by atoms with E-state index >= 15 is 0 Å². The Bertz CT molecular complexity index is 800. The molecule has 24 heavy (non-hydrogen) atoms. The van der Waals surface area contributed by atoms with Crippen LogP contribution in [0.3, 0.4) is 0 Å². The van der Waals surface area contributed by atoms with Gasteiger partial charge in [0, 0.05) is 6.20 Å². The van der Waals surface area contributed by atoms with Gasteiger partial charge in [0.2, 0.25) is 5.91 Å². The molecule has 5 heteroatoms. The quantitative estimate of drug-likeness (QED) is 0.660. The molecule has 0 aliphatic carbocycles. The fourth-order valence-corrected chi connectivity index (χ4v) is 3.46. The number of pyridine rings is 1. The summed E-state index contributed by atoms with van der Waals surface area (Å²) in [5.74, 6) is 0.399. The van der Waals surface area contributed by atoms with Crippen molar-refractivity contribution >= 4 is 23.2 Å². The van der Waals surface area contributed by atoms with E-state index in [2.05, 4.69) is 29.4 Å². The van der Waals surface area contributed by atoms with Crippen molar-refractivity contribution in [3.8, 4) is 0 Å². The van der Waals surface area contributed by atoms with Crippen molar-refractivity contribution in [1.29, 1.82) is 0 Å². The molecule has 1 amide bonds. The van der Waals surface area contributed by atoms with Crippen molar-refractivity contribution in [2.24, 2.45) is 0 Å². The van der Waals surface area contributed by atoms with E-state index in [1.54, 1.807) is 0 Å². The average molecular weight is 339 g/mol. The number of nitrogens with zero attached hydrogens (tertiary/aromatic N) is 2. The third kappa shape index (κ3) is 3.97. The highest BCUT2D eigenvalue weighted by Gasteiger charge is 2.14. The van der Waals surface area contributed by atoms with Gasteiger partial charge in [0.15, 0.2) is 5.16 Å². The molecule has 1 N–H and O–H groups in total. The summed E-state index contributed by atoms with van der Waals surface area (Å²) in [7, 11) is 0. The van der Waals surface area contributed by atoms with E-state index in [0.29, 0.717) is 5.75 Å². The number of hydrogen-bond donors (Lipinski definition) is 1. The lowest BCUT2D eigenvalue weighted by Crippen LogP contribution is -2.30. The Morgan fingerprint density at radius 2 is 2.00 bits per heavy atom. The summed E-state index contributed by atoms with van der Waals surface area (Å²) in [6.45, 7) is 2.13. The van der Waals surface area contributed by atoms with Gasteiger partial charge in [-0.1, -0.05) is 61.5 Å². The van der Waals surface area contributed by atoms with Crippen molar-refractivity contribution in [3.05, 3.63) is 66.5 Å². The van der Waals surface area contributed by atoms with Gasteiger partial charge >= 0.3 is 0 Å². The van der Waals surface area contributed by atoms with Crippen LogP contribution in [0.25, 0.3) is 5.52 Å². The lowest BCUT2D eigenvalue weighted by atomic mass is 10.0. The number of nitrogens with one attached hydrogen (secondary N) is 1. The van der Waals surface area contributed by atoms with E-state index in [1.807, 2.05) is 53.2 Å². The van der Waals surface area contributed by atoms with Crippen LogP contribution in [0.4, 0.5) is 0 Å². The largest absolute Gasteiger partial charge is 0.349 e. The van der Waals surface area contributed by atoms with Crippen LogP contribution in [0.1, 0.15) is 31.4 Å². The predicted octanol–water partition coefficient (Wildman–Crippen LogP) is 4.08. The number of hydrogen-bond acceptors (Lipinski definition) is 3. The first-order valence-electron chi connectivity index (χ1n) is 8.17. The highest BCUT2D eigenvalue weighted by molar-refractivity contribution is 7.99. The molecule has 2 heterocycles. The van der Waals surface area contributed by atoms with Gasteiger partial charge in [-0.25, -0.2) is 4.98 Å². The Kier molecular flexibility index (Phi) is 5.54. The number of imidazole rings is 1.